The monoisotopic (exact) mass is 396 g/mol. The molecule has 158 valence electrons. The Labute approximate surface area is 176 Å². The van der Waals surface area contributed by atoms with Crippen LogP contribution in [0.4, 0.5) is 17.1 Å². The van der Waals surface area contributed by atoms with Crippen LogP contribution in [-0.4, -0.2) is 19.1 Å². The first-order chi connectivity index (χ1) is 14.1. The molecule has 2 aromatic rings. The molecule has 0 aliphatic carbocycles. The summed E-state index contributed by atoms with van der Waals surface area (Å²) in [5.41, 5.74) is 3.09. The summed E-state index contributed by atoms with van der Waals surface area (Å²) in [7, 11) is 0. The molecule has 0 spiro atoms. The van der Waals surface area contributed by atoms with Gasteiger partial charge in [-0.3, -0.25) is 4.79 Å². The van der Waals surface area contributed by atoms with Gasteiger partial charge in [0.2, 0.25) is 0 Å². The van der Waals surface area contributed by atoms with Crippen LogP contribution in [0.25, 0.3) is 0 Å². The summed E-state index contributed by atoms with van der Waals surface area (Å²) >= 11 is 0. The van der Waals surface area contributed by atoms with Gasteiger partial charge >= 0.3 is 5.97 Å². The van der Waals surface area contributed by atoms with Crippen molar-refractivity contribution in [3.63, 3.8) is 0 Å². The topological polar surface area (TPSA) is 50.4 Å². The SMILES string of the molecule is CC(C)CCCCCCCOC(=O)CCNc1ccc(Nc2ccccc2)cc1. The van der Waals surface area contributed by atoms with Crippen LogP contribution < -0.4 is 10.6 Å². The summed E-state index contributed by atoms with van der Waals surface area (Å²) in [6.07, 6.45) is 7.65. The summed E-state index contributed by atoms with van der Waals surface area (Å²) in [4.78, 5) is 11.8. The van der Waals surface area contributed by atoms with E-state index in [4.69, 9.17) is 4.74 Å². The van der Waals surface area contributed by atoms with E-state index in [2.05, 4.69) is 24.5 Å². The maximum Gasteiger partial charge on any atom is 0.307 e. The summed E-state index contributed by atoms with van der Waals surface area (Å²) in [6, 6.07) is 18.1. The lowest BCUT2D eigenvalue weighted by atomic mass is 10.0. The number of rotatable bonds is 14. The smallest absolute Gasteiger partial charge is 0.307 e. The van der Waals surface area contributed by atoms with Crippen molar-refractivity contribution in [2.75, 3.05) is 23.8 Å². The third-order valence-corrected chi connectivity index (χ3v) is 4.79. The Bertz CT molecular complexity index is 684. The molecule has 0 aliphatic rings. The van der Waals surface area contributed by atoms with Gasteiger partial charge in [-0.05, 0) is 48.7 Å². The highest BCUT2D eigenvalue weighted by Gasteiger charge is 2.03. The number of carbonyl (C=O) groups is 1. The molecule has 0 fully saturated rings. The molecule has 2 aromatic carbocycles. The lowest BCUT2D eigenvalue weighted by Gasteiger charge is -2.09. The van der Waals surface area contributed by atoms with Gasteiger partial charge in [-0.25, -0.2) is 0 Å². The lowest BCUT2D eigenvalue weighted by Crippen LogP contribution is -2.12. The molecule has 0 heterocycles. The Morgan fingerprint density at radius 3 is 2.17 bits per heavy atom. The van der Waals surface area contributed by atoms with Crippen molar-refractivity contribution in [1.82, 2.24) is 0 Å². The second-order valence-corrected chi connectivity index (χ2v) is 7.92. The van der Waals surface area contributed by atoms with Crippen molar-refractivity contribution in [3.8, 4) is 0 Å². The lowest BCUT2D eigenvalue weighted by molar-refractivity contribution is -0.143. The quantitative estimate of drug-likeness (QED) is 0.273. The Kier molecular flexibility index (Phi) is 10.7. The number of nitrogens with one attached hydrogen (secondary N) is 2. The summed E-state index contributed by atoms with van der Waals surface area (Å²) in [6.45, 7) is 5.67. The van der Waals surface area contributed by atoms with Crippen molar-refractivity contribution in [2.24, 2.45) is 5.92 Å². The fourth-order valence-electron chi connectivity index (χ4n) is 3.11. The van der Waals surface area contributed by atoms with Crippen LogP contribution in [0.5, 0.6) is 0 Å². The van der Waals surface area contributed by atoms with Crippen LogP contribution in [0.1, 0.15) is 58.8 Å². The molecule has 0 aromatic heterocycles. The number of ether oxygens (including phenoxy) is 1. The Balaban J connectivity index is 1.51. The minimum atomic E-state index is -0.125. The predicted molar refractivity (Wildman–Crippen MR) is 123 cm³/mol. The molecule has 0 amide bonds. The van der Waals surface area contributed by atoms with Gasteiger partial charge in [-0.1, -0.05) is 64.2 Å². The third-order valence-electron chi connectivity index (χ3n) is 4.79. The van der Waals surface area contributed by atoms with Crippen LogP contribution in [-0.2, 0) is 9.53 Å². The van der Waals surface area contributed by atoms with Crippen molar-refractivity contribution in [1.29, 1.82) is 0 Å². The molecule has 0 atom stereocenters. The van der Waals surface area contributed by atoms with E-state index in [1.807, 2.05) is 54.6 Å². The molecule has 4 heteroatoms. The zero-order chi connectivity index (χ0) is 20.7. The van der Waals surface area contributed by atoms with Crippen molar-refractivity contribution >= 4 is 23.0 Å². The predicted octanol–water partition coefficient (Wildman–Crippen LogP) is 6.77. The fourth-order valence-corrected chi connectivity index (χ4v) is 3.11. The Morgan fingerprint density at radius 1 is 0.828 bits per heavy atom. The first-order valence-electron chi connectivity index (χ1n) is 10.9. The zero-order valence-electron chi connectivity index (χ0n) is 18.0. The van der Waals surface area contributed by atoms with Crippen LogP contribution in [0, 0.1) is 5.92 Å². The normalized spacial score (nSPS) is 10.7. The standard InChI is InChI=1S/C25H36N2O2/c1-21(2)11-7-4-3-5-10-20-29-25(28)18-19-26-22-14-16-24(17-15-22)27-23-12-8-6-9-13-23/h6,8-9,12-17,21,26-27H,3-5,7,10-11,18-20H2,1-2H3. The molecule has 0 aliphatic heterocycles. The molecule has 0 saturated heterocycles. The third kappa shape index (κ3) is 10.6. The van der Waals surface area contributed by atoms with E-state index in [0.717, 1.165) is 35.8 Å². The van der Waals surface area contributed by atoms with Gasteiger partial charge in [0.1, 0.15) is 0 Å². The summed E-state index contributed by atoms with van der Waals surface area (Å²) < 4.78 is 5.32. The number of hydrogen-bond donors (Lipinski definition) is 2. The highest BCUT2D eigenvalue weighted by Crippen LogP contribution is 2.18. The molecular weight excluding hydrogens is 360 g/mol. The summed E-state index contributed by atoms with van der Waals surface area (Å²) in [5, 5.41) is 6.62. The maximum atomic E-state index is 11.8. The van der Waals surface area contributed by atoms with Crippen LogP contribution in [0.3, 0.4) is 0 Å². The van der Waals surface area contributed by atoms with Crippen molar-refractivity contribution < 1.29 is 9.53 Å². The molecule has 2 rings (SSSR count). The average Bonchev–Trinajstić information content (AvgIpc) is 2.72. The Hall–Kier alpha value is -2.49. The zero-order valence-corrected chi connectivity index (χ0v) is 18.0. The first kappa shape index (κ1) is 22.8. The van der Waals surface area contributed by atoms with Crippen LogP contribution >= 0.6 is 0 Å². The average molecular weight is 397 g/mol. The van der Waals surface area contributed by atoms with Gasteiger partial charge in [0.15, 0.2) is 0 Å². The molecular formula is C25H36N2O2. The van der Waals surface area contributed by atoms with Gasteiger partial charge in [-0.2, -0.15) is 0 Å². The maximum absolute atomic E-state index is 11.8. The molecule has 29 heavy (non-hydrogen) atoms. The van der Waals surface area contributed by atoms with Gasteiger partial charge < -0.3 is 15.4 Å². The number of para-hydroxylation sites is 1. The van der Waals surface area contributed by atoms with E-state index in [1.54, 1.807) is 0 Å². The number of unbranched alkanes of at least 4 members (excludes halogenated alkanes) is 4. The number of carbonyl (C=O) groups excluding carboxylic acids is 1. The minimum Gasteiger partial charge on any atom is -0.466 e. The van der Waals surface area contributed by atoms with Crippen LogP contribution in [0.2, 0.25) is 0 Å². The van der Waals surface area contributed by atoms with E-state index in [0.29, 0.717) is 19.6 Å². The van der Waals surface area contributed by atoms with E-state index in [-0.39, 0.29) is 5.97 Å². The number of benzene rings is 2. The van der Waals surface area contributed by atoms with E-state index in [1.165, 1.54) is 25.7 Å². The van der Waals surface area contributed by atoms with Crippen LogP contribution in [0.15, 0.2) is 54.6 Å². The minimum absolute atomic E-state index is 0.125. The van der Waals surface area contributed by atoms with Crippen molar-refractivity contribution in [3.05, 3.63) is 54.6 Å². The first-order valence-corrected chi connectivity index (χ1v) is 10.9. The van der Waals surface area contributed by atoms with E-state index >= 15 is 0 Å². The molecule has 0 unspecified atom stereocenters. The second-order valence-electron chi connectivity index (χ2n) is 7.92. The number of esters is 1. The number of hydrogen-bond acceptors (Lipinski definition) is 4. The van der Waals surface area contributed by atoms with Gasteiger partial charge in [0, 0.05) is 23.6 Å². The van der Waals surface area contributed by atoms with Crippen molar-refractivity contribution in [2.45, 2.75) is 58.8 Å². The summed E-state index contributed by atoms with van der Waals surface area (Å²) in [5.74, 6) is 0.674. The molecule has 0 saturated carbocycles. The van der Waals surface area contributed by atoms with E-state index in [9.17, 15) is 4.79 Å². The van der Waals surface area contributed by atoms with E-state index < -0.39 is 0 Å². The van der Waals surface area contributed by atoms with Gasteiger partial charge in [0.05, 0.1) is 13.0 Å². The largest absolute Gasteiger partial charge is 0.466 e. The molecule has 4 nitrogen and oxygen atoms in total. The van der Waals surface area contributed by atoms with Gasteiger partial charge in [-0.15, -0.1) is 0 Å². The molecule has 2 N–H and O–H groups in total. The molecule has 0 radical (unpaired) electrons. The molecule has 0 bridgehead atoms. The number of anilines is 3. The van der Waals surface area contributed by atoms with Gasteiger partial charge in [0.25, 0.3) is 0 Å². The highest BCUT2D eigenvalue weighted by atomic mass is 16.5. The Morgan fingerprint density at radius 2 is 1.45 bits per heavy atom. The highest BCUT2D eigenvalue weighted by molar-refractivity contribution is 5.70. The second kappa shape index (κ2) is 13.6. The fraction of sp³-hybridized carbons (Fsp3) is 0.480.